The highest BCUT2D eigenvalue weighted by molar-refractivity contribution is 7.92. The van der Waals surface area contributed by atoms with Crippen molar-refractivity contribution in [2.24, 2.45) is 0 Å². The van der Waals surface area contributed by atoms with Crippen LogP contribution in [0.2, 0.25) is 10.0 Å². The van der Waals surface area contributed by atoms with Crippen LogP contribution in [0.25, 0.3) is 0 Å². The van der Waals surface area contributed by atoms with Gasteiger partial charge in [-0.15, -0.1) is 0 Å². The van der Waals surface area contributed by atoms with Crippen LogP contribution in [0.15, 0.2) is 48.5 Å². The Morgan fingerprint density at radius 3 is 2.04 bits per heavy atom. The molecule has 2 rings (SSSR count). The molecule has 0 aliphatic rings. The van der Waals surface area contributed by atoms with Crippen molar-refractivity contribution in [2.45, 2.75) is 19.4 Å². The molecule has 0 fully saturated rings. The molecule has 0 unspecified atom stereocenters. The number of anilines is 1. The Labute approximate surface area is 164 Å². The van der Waals surface area contributed by atoms with Crippen LogP contribution >= 0.6 is 23.2 Å². The number of amides is 1. The van der Waals surface area contributed by atoms with Crippen LogP contribution in [0.4, 0.5) is 5.69 Å². The summed E-state index contributed by atoms with van der Waals surface area (Å²) in [6.45, 7) is 1.94. The number of sulfonamides is 1. The van der Waals surface area contributed by atoms with E-state index in [-0.39, 0.29) is 5.91 Å². The minimum absolute atomic E-state index is 0.376. The Morgan fingerprint density at radius 2 is 1.54 bits per heavy atom. The highest BCUT2D eigenvalue weighted by atomic mass is 35.5. The molecule has 140 valence electrons. The van der Waals surface area contributed by atoms with E-state index in [1.165, 1.54) is 0 Å². The van der Waals surface area contributed by atoms with Crippen molar-refractivity contribution in [2.75, 3.05) is 17.1 Å². The topological polar surface area (TPSA) is 66.5 Å². The molecule has 0 bridgehead atoms. The van der Waals surface area contributed by atoms with E-state index in [0.717, 1.165) is 16.1 Å². The minimum atomic E-state index is -3.64. The van der Waals surface area contributed by atoms with Crippen LogP contribution in [0, 0.1) is 0 Å². The number of halogens is 2. The SMILES string of the molecule is C[C@H](C(=O)NCCc1ccc(Cl)cc1)N(c1ccc(Cl)cc1)S(C)(=O)=O. The summed E-state index contributed by atoms with van der Waals surface area (Å²) in [5, 5.41) is 3.91. The maximum absolute atomic E-state index is 12.5. The molecule has 0 aromatic heterocycles. The summed E-state index contributed by atoms with van der Waals surface area (Å²) in [6.07, 6.45) is 1.69. The van der Waals surface area contributed by atoms with E-state index in [1.807, 2.05) is 12.1 Å². The molecule has 5 nitrogen and oxygen atoms in total. The van der Waals surface area contributed by atoms with Crippen molar-refractivity contribution < 1.29 is 13.2 Å². The van der Waals surface area contributed by atoms with Gasteiger partial charge in [0.25, 0.3) is 0 Å². The number of hydrogen-bond acceptors (Lipinski definition) is 3. The van der Waals surface area contributed by atoms with Crippen molar-refractivity contribution in [3.8, 4) is 0 Å². The highest BCUT2D eigenvalue weighted by Crippen LogP contribution is 2.23. The zero-order valence-electron chi connectivity index (χ0n) is 14.4. The van der Waals surface area contributed by atoms with Gasteiger partial charge in [0, 0.05) is 16.6 Å². The zero-order valence-corrected chi connectivity index (χ0v) is 16.8. The summed E-state index contributed by atoms with van der Waals surface area (Å²) in [5.74, 6) is -0.376. The lowest BCUT2D eigenvalue weighted by Crippen LogP contribution is -2.48. The average molecular weight is 415 g/mol. The van der Waals surface area contributed by atoms with E-state index < -0.39 is 16.1 Å². The number of carbonyl (C=O) groups excluding carboxylic acids is 1. The molecule has 1 atom stereocenters. The summed E-state index contributed by atoms with van der Waals surface area (Å²) in [6, 6.07) is 12.8. The summed E-state index contributed by atoms with van der Waals surface area (Å²) in [7, 11) is -3.64. The normalized spacial score (nSPS) is 12.5. The number of benzene rings is 2. The van der Waals surface area contributed by atoms with Gasteiger partial charge in [0.2, 0.25) is 15.9 Å². The third kappa shape index (κ3) is 5.62. The minimum Gasteiger partial charge on any atom is -0.354 e. The molecule has 0 saturated carbocycles. The number of nitrogens with one attached hydrogen (secondary N) is 1. The number of hydrogen-bond donors (Lipinski definition) is 1. The Morgan fingerprint density at radius 1 is 1.04 bits per heavy atom. The first kappa shape index (κ1) is 20.6. The smallest absolute Gasteiger partial charge is 0.243 e. The van der Waals surface area contributed by atoms with Gasteiger partial charge in [0.15, 0.2) is 0 Å². The molecule has 2 aromatic rings. The van der Waals surface area contributed by atoms with E-state index in [9.17, 15) is 13.2 Å². The Hall–Kier alpha value is -1.76. The molecule has 1 amide bonds. The molecule has 0 saturated heterocycles. The molecule has 0 radical (unpaired) electrons. The lowest BCUT2D eigenvalue weighted by molar-refractivity contribution is -0.121. The summed E-state index contributed by atoms with van der Waals surface area (Å²) in [5.41, 5.74) is 1.41. The average Bonchev–Trinajstić information content (AvgIpc) is 2.57. The molecular formula is C18H20Cl2N2O3S. The van der Waals surface area contributed by atoms with Gasteiger partial charge >= 0.3 is 0 Å². The number of carbonyl (C=O) groups is 1. The molecular weight excluding hydrogens is 395 g/mol. The number of nitrogens with zero attached hydrogens (tertiary/aromatic N) is 1. The Kier molecular flexibility index (Phi) is 6.92. The van der Waals surface area contributed by atoms with Crippen molar-refractivity contribution in [3.05, 3.63) is 64.1 Å². The van der Waals surface area contributed by atoms with E-state index in [0.29, 0.717) is 28.7 Å². The standard InChI is InChI=1S/C18H20Cl2N2O3S/c1-13(18(23)21-12-11-14-3-5-15(19)6-4-14)22(26(2,24)25)17-9-7-16(20)8-10-17/h3-10,13H,11-12H2,1-2H3,(H,21,23)/t13-/m1/s1. The fourth-order valence-corrected chi connectivity index (χ4v) is 3.95. The van der Waals surface area contributed by atoms with Crippen molar-refractivity contribution >= 4 is 44.8 Å². The third-order valence-electron chi connectivity index (χ3n) is 3.80. The van der Waals surface area contributed by atoms with Crippen molar-refractivity contribution in [3.63, 3.8) is 0 Å². The predicted molar refractivity (Wildman–Crippen MR) is 106 cm³/mol. The van der Waals surface area contributed by atoms with Gasteiger partial charge in [-0.1, -0.05) is 35.3 Å². The van der Waals surface area contributed by atoms with Gasteiger partial charge in [-0.05, 0) is 55.3 Å². The largest absolute Gasteiger partial charge is 0.354 e. The fraction of sp³-hybridized carbons (Fsp3) is 0.278. The highest BCUT2D eigenvalue weighted by Gasteiger charge is 2.28. The summed E-state index contributed by atoms with van der Waals surface area (Å²) < 4.78 is 25.5. The predicted octanol–water partition coefficient (Wildman–Crippen LogP) is 3.51. The van der Waals surface area contributed by atoms with Crippen LogP contribution in [0.3, 0.4) is 0 Å². The molecule has 2 aromatic carbocycles. The fourth-order valence-electron chi connectivity index (χ4n) is 2.53. The first-order valence-corrected chi connectivity index (χ1v) is 10.6. The van der Waals surface area contributed by atoms with Crippen LogP contribution in [-0.4, -0.2) is 33.2 Å². The lowest BCUT2D eigenvalue weighted by Gasteiger charge is -2.28. The molecule has 8 heteroatoms. The second-order valence-electron chi connectivity index (χ2n) is 5.88. The summed E-state index contributed by atoms with van der Waals surface area (Å²) >= 11 is 11.7. The molecule has 0 heterocycles. The maximum Gasteiger partial charge on any atom is 0.243 e. The van der Waals surface area contributed by atoms with E-state index in [4.69, 9.17) is 23.2 Å². The van der Waals surface area contributed by atoms with Gasteiger partial charge in [-0.3, -0.25) is 9.10 Å². The third-order valence-corrected chi connectivity index (χ3v) is 5.54. The Balaban J connectivity index is 2.05. The maximum atomic E-state index is 12.5. The first-order chi connectivity index (χ1) is 12.2. The van der Waals surface area contributed by atoms with Crippen molar-refractivity contribution in [1.29, 1.82) is 0 Å². The molecule has 26 heavy (non-hydrogen) atoms. The van der Waals surface area contributed by atoms with E-state index >= 15 is 0 Å². The lowest BCUT2D eigenvalue weighted by atomic mass is 10.1. The van der Waals surface area contributed by atoms with Gasteiger partial charge in [-0.2, -0.15) is 0 Å². The van der Waals surface area contributed by atoms with Gasteiger partial charge < -0.3 is 5.32 Å². The molecule has 1 N–H and O–H groups in total. The monoisotopic (exact) mass is 414 g/mol. The van der Waals surface area contributed by atoms with Crippen LogP contribution < -0.4 is 9.62 Å². The zero-order chi connectivity index (χ0) is 19.3. The Bertz CT molecular complexity index is 853. The quantitative estimate of drug-likeness (QED) is 0.753. The number of rotatable bonds is 7. The van der Waals surface area contributed by atoms with Gasteiger partial charge in [0.05, 0.1) is 11.9 Å². The molecule has 0 spiro atoms. The van der Waals surface area contributed by atoms with E-state index in [2.05, 4.69) is 5.32 Å². The summed E-state index contributed by atoms with van der Waals surface area (Å²) in [4.78, 5) is 12.5. The first-order valence-electron chi connectivity index (χ1n) is 7.95. The van der Waals surface area contributed by atoms with E-state index in [1.54, 1.807) is 43.3 Å². The molecule has 0 aliphatic carbocycles. The van der Waals surface area contributed by atoms with Gasteiger partial charge in [-0.25, -0.2) is 8.42 Å². The van der Waals surface area contributed by atoms with Crippen LogP contribution in [-0.2, 0) is 21.2 Å². The van der Waals surface area contributed by atoms with Crippen LogP contribution in [0.5, 0.6) is 0 Å². The second kappa shape index (κ2) is 8.75. The van der Waals surface area contributed by atoms with Crippen molar-refractivity contribution in [1.82, 2.24) is 5.32 Å². The van der Waals surface area contributed by atoms with Gasteiger partial charge in [0.1, 0.15) is 6.04 Å². The van der Waals surface area contributed by atoms with Crippen LogP contribution in [0.1, 0.15) is 12.5 Å². The molecule has 0 aliphatic heterocycles. The second-order valence-corrected chi connectivity index (χ2v) is 8.61.